The minimum absolute atomic E-state index is 0.375. The first kappa shape index (κ1) is 6.99. The summed E-state index contributed by atoms with van der Waals surface area (Å²) < 4.78 is 5.31. The predicted molar refractivity (Wildman–Crippen MR) is 35.8 cm³/mol. The van der Waals surface area contributed by atoms with E-state index in [9.17, 15) is 0 Å². The molecule has 0 aromatic heterocycles. The average molecular weight is 130 g/mol. The van der Waals surface area contributed by atoms with Gasteiger partial charge in [0.25, 0.3) is 0 Å². The van der Waals surface area contributed by atoms with Gasteiger partial charge in [-0.05, 0) is 19.8 Å². The van der Waals surface area contributed by atoms with E-state index in [2.05, 4.69) is 12.3 Å². The Labute approximate surface area is 55.5 Å². The Morgan fingerprint density at radius 3 is 2.89 bits per heavy atom. The van der Waals surface area contributed by atoms with Gasteiger partial charge >= 0.3 is 0 Å². The highest BCUT2D eigenvalue weighted by Crippen LogP contribution is 2.11. The molecule has 1 aliphatic rings. The van der Waals surface area contributed by atoms with Crippen LogP contribution in [-0.2, 0) is 4.74 Å². The van der Waals surface area contributed by atoms with Gasteiger partial charge in [-0.2, -0.15) is 0 Å². The Kier molecular flexibility index (Phi) is 2.45. The minimum Gasteiger partial charge on any atom is -0.378 e. The molecule has 0 radical (unpaired) electrons. The first-order valence-corrected chi connectivity index (χ1v) is 3.40. The zero-order valence-electron chi connectivity index (χ0n) is 5.76. The summed E-state index contributed by atoms with van der Waals surface area (Å²) in [7, 11) is 0. The second kappa shape index (κ2) is 3.15. The summed E-state index contributed by atoms with van der Waals surface area (Å²) in [4.78, 5) is 0. The van der Waals surface area contributed by atoms with E-state index in [1.807, 2.05) is 0 Å². The molecule has 1 fully saturated rings. The average Bonchev–Trinajstić information content (AvgIpc) is 1.88. The molecule has 3 heteroatoms. The lowest BCUT2D eigenvalue weighted by Gasteiger charge is -2.26. The van der Waals surface area contributed by atoms with Crippen molar-refractivity contribution in [1.29, 1.82) is 0 Å². The minimum atomic E-state index is 0.375. The van der Waals surface area contributed by atoms with Crippen LogP contribution in [-0.4, -0.2) is 18.8 Å². The van der Waals surface area contributed by atoms with E-state index in [0.29, 0.717) is 12.1 Å². The molecule has 0 spiro atoms. The van der Waals surface area contributed by atoms with E-state index < -0.39 is 0 Å². The van der Waals surface area contributed by atoms with Gasteiger partial charge in [0.1, 0.15) is 0 Å². The normalized spacial score (nSPS) is 36.7. The molecule has 3 N–H and O–H groups in total. The van der Waals surface area contributed by atoms with Crippen LogP contribution in [0, 0.1) is 0 Å². The molecular weight excluding hydrogens is 116 g/mol. The fourth-order valence-electron chi connectivity index (χ4n) is 1.15. The smallest absolute Gasteiger partial charge is 0.0562 e. The molecule has 0 aromatic rings. The summed E-state index contributed by atoms with van der Waals surface area (Å²) in [6, 6.07) is 0.466. The van der Waals surface area contributed by atoms with E-state index in [1.165, 1.54) is 0 Å². The number of hydrazine groups is 1. The van der Waals surface area contributed by atoms with Crippen molar-refractivity contribution in [2.24, 2.45) is 5.84 Å². The molecule has 0 amide bonds. The van der Waals surface area contributed by atoms with Gasteiger partial charge in [0, 0.05) is 12.6 Å². The predicted octanol–water partition coefficient (Wildman–Crippen LogP) is 0.0172. The Morgan fingerprint density at radius 2 is 2.44 bits per heavy atom. The topological polar surface area (TPSA) is 47.3 Å². The molecule has 0 saturated carbocycles. The molecule has 1 aliphatic heterocycles. The summed E-state index contributed by atoms with van der Waals surface area (Å²) in [5.74, 6) is 5.26. The molecule has 1 heterocycles. The quantitative estimate of drug-likeness (QED) is 0.388. The molecule has 0 aliphatic carbocycles. The van der Waals surface area contributed by atoms with Crippen LogP contribution in [0.25, 0.3) is 0 Å². The van der Waals surface area contributed by atoms with Gasteiger partial charge in [-0.15, -0.1) is 0 Å². The summed E-state index contributed by atoms with van der Waals surface area (Å²) in [6.07, 6.45) is 2.46. The maximum Gasteiger partial charge on any atom is 0.0562 e. The third-order valence-corrected chi connectivity index (χ3v) is 1.72. The van der Waals surface area contributed by atoms with Gasteiger partial charge in [0.05, 0.1) is 6.10 Å². The van der Waals surface area contributed by atoms with E-state index in [1.54, 1.807) is 0 Å². The zero-order chi connectivity index (χ0) is 6.69. The summed E-state index contributed by atoms with van der Waals surface area (Å²) in [6.45, 7) is 2.92. The molecule has 1 rings (SSSR count). The number of ether oxygens (including phenoxy) is 1. The van der Waals surface area contributed by atoms with E-state index in [4.69, 9.17) is 10.6 Å². The van der Waals surface area contributed by atoms with Crippen molar-refractivity contribution in [3.05, 3.63) is 0 Å². The van der Waals surface area contributed by atoms with Gasteiger partial charge < -0.3 is 4.74 Å². The van der Waals surface area contributed by atoms with E-state index >= 15 is 0 Å². The highest BCUT2D eigenvalue weighted by molar-refractivity contribution is 4.71. The molecule has 9 heavy (non-hydrogen) atoms. The third-order valence-electron chi connectivity index (χ3n) is 1.72. The molecule has 0 aromatic carbocycles. The fourth-order valence-corrected chi connectivity index (χ4v) is 1.15. The van der Waals surface area contributed by atoms with Crippen LogP contribution in [0.3, 0.4) is 0 Å². The molecule has 1 saturated heterocycles. The molecule has 0 bridgehead atoms. The molecular formula is C6H14N2O. The highest BCUT2D eigenvalue weighted by atomic mass is 16.5. The highest BCUT2D eigenvalue weighted by Gasteiger charge is 2.16. The third kappa shape index (κ3) is 1.93. The second-order valence-corrected chi connectivity index (χ2v) is 2.57. The van der Waals surface area contributed by atoms with E-state index in [0.717, 1.165) is 19.4 Å². The summed E-state index contributed by atoms with van der Waals surface area (Å²) in [5.41, 5.74) is 2.75. The van der Waals surface area contributed by atoms with Gasteiger partial charge in [0.2, 0.25) is 0 Å². The van der Waals surface area contributed by atoms with Crippen molar-refractivity contribution >= 4 is 0 Å². The standard InChI is InChI=1S/C6H14N2O/c1-5-4-6(8-7)2-3-9-5/h5-6,8H,2-4,7H2,1H3/t5-,6?/m0/s1. The molecule has 54 valence electrons. The van der Waals surface area contributed by atoms with Crippen molar-refractivity contribution < 1.29 is 4.74 Å². The van der Waals surface area contributed by atoms with Crippen molar-refractivity contribution in [3.8, 4) is 0 Å². The number of nitrogens with one attached hydrogen (secondary N) is 1. The molecule has 1 unspecified atom stereocenters. The summed E-state index contributed by atoms with van der Waals surface area (Å²) in [5, 5.41) is 0. The first-order valence-electron chi connectivity index (χ1n) is 3.40. The summed E-state index contributed by atoms with van der Waals surface area (Å²) >= 11 is 0. The maximum absolute atomic E-state index is 5.31. The Morgan fingerprint density at radius 1 is 1.67 bits per heavy atom. The zero-order valence-corrected chi connectivity index (χ0v) is 5.76. The lowest BCUT2D eigenvalue weighted by molar-refractivity contribution is 0.0134. The van der Waals surface area contributed by atoms with Crippen LogP contribution >= 0.6 is 0 Å². The Balaban J connectivity index is 2.23. The van der Waals surface area contributed by atoms with Crippen LogP contribution in [0.1, 0.15) is 19.8 Å². The lowest BCUT2D eigenvalue weighted by Crippen LogP contribution is -2.41. The lowest BCUT2D eigenvalue weighted by atomic mass is 10.1. The van der Waals surface area contributed by atoms with Crippen LogP contribution in [0.15, 0.2) is 0 Å². The number of nitrogens with two attached hydrogens (primary N) is 1. The first-order chi connectivity index (χ1) is 4.33. The Bertz CT molecular complexity index is 87.1. The second-order valence-electron chi connectivity index (χ2n) is 2.57. The number of hydrogen-bond donors (Lipinski definition) is 2. The molecule has 3 nitrogen and oxygen atoms in total. The van der Waals surface area contributed by atoms with Crippen molar-refractivity contribution in [3.63, 3.8) is 0 Å². The fraction of sp³-hybridized carbons (Fsp3) is 1.00. The van der Waals surface area contributed by atoms with Gasteiger partial charge in [-0.25, -0.2) is 0 Å². The number of rotatable bonds is 1. The molecule has 2 atom stereocenters. The van der Waals surface area contributed by atoms with Crippen LogP contribution < -0.4 is 11.3 Å². The largest absolute Gasteiger partial charge is 0.378 e. The van der Waals surface area contributed by atoms with Gasteiger partial charge in [-0.3, -0.25) is 11.3 Å². The Hall–Kier alpha value is -0.120. The van der Waals surface area contributed by atoms with Crippen molar-refractivity contribution in [2.45, 2.75) is 31.9 Å². The maximum atomic E-state index is 5.31. The SMILES string of the molecule is C[C@H]1CC(NN)CCO1. The van der Waals surface area contributed by atoms with Crippen molar-refractivity contribution in [1.82, 2.24) is 5.43 Å². The van der Waals surface area contributed by atoms with Gasteiger partial charge in [0.15, 0.2) is 0 Å². The van der Waals surface area contributed by atoms with Crippen molar-refractivity contribution in [2.75, 3.05) is 6.61 Å². The van der Waals surface area contributed by atoms with Crippen LogP contribution in [0.4, 0.5) is 0 Å². The van der Waals surface area contributed by atoms with Crippen LogP contribution in [0.5, 0.6) is 0 Å². The number of hydrogen-bond acceptors (Lipinski definition) is 3. The van der Waals surface area contributed by atoms with E-state index in [-0.39, 0.29) is 0 Å². The van der Waals surface area contributed by atoms with Crippen LogP contribution in [0.2, 0.25) is 0 Å². The van der Waals surface area contributed by atoms with Gasteiger partial charge in [-0.1, -0.05) is 0 Å². The monoisotopic (exact) mass is 130 g/mol.